The van der Waals surface area contributed by atoms with Crippen LogP contribution >= 0.6 is 7.37 Å². The maximum atomic E-state index is 10.6. The molecule has 1 atom stereocenters. The Balaban J connectivity index is 3.79. The summed E-state index contributed by atoms with van der Waals surface area (Å²) in [7, 11) is -2.87. The molecular formula is C4H8NO2P. The molecule has 8 heavy (non-hydrogen) atoms. The first-order valence-corrected chi connectivity index (χ1v) is 4.33. The quantitative estimate of drug-likeness (QED) is 0.535. The van der Waals surface area contributed by atoms with Crippen LogP contribution in [0.2, 0.25) is 0 Å². The topological polar surface area (TPSA) is 50.1 Å². The van der Waals surface area contributed by atoms with E-state index in [1.54, 1.807) is 12.7 Å². The van der Waals surface area contributed by atoms with Crippen molar-refractivity contribution in [3.05, 3.63) is 0 Å². The van der Waals surface area contributed by atoms with Gasteiger partial charge in [0.1, 0.15) is 0 Å². The smallest absolute Gasteiger partial charge is 0.296 e. The summed E-state index contributed by atoms with van der Waals surface area (Å²) in [6, 6.07) is 0. The predicted molar refractivity (Wildman–Crippen MR) is 30.8 cm³/mol. The molecule has 0 aliphatic heterocycles. The summed E-state index contributed by atoms with van der Waals surface area (Å²) >= 11 is 0. The average Bonchev–Trinajstić information content (AvgIpc) is 1.67. The molecule has 0 aromatic heterocycles. The molecule has 4 heteroatoms. The molecular weight excluding hydrogens is 125 g/mol. The minimum absolute atomic E-state index is 0.335. The van der Waals surface area contributed by atoms with Gasteiger partial charge in [0.15, 0.2) is 5.81 Å². The number of nitriles is 1. The van der Waals surface area contributed by atoms with Crippen molar-refractivity contribution in [2.24, 2.45) is 0 Å². The van der Waals surface area contributed by atoms with Crippen LogP contribution in [0.5, 0.6) is 0 Å². The number of nitrogens with zero attached hydrogens (tertiary/aromatic N) is 1. The van der Waals surface area contributed by atoms with E-state index < -0.39 is 7.37 Å². The summed E-state index contributed by atoms with van der Waals surface area (Å²) in [5.74, 6) is 1.58. The van der Waals surface area contributed by atoms with Gasteiger partial charge in [0.05, 0.1) is 6.61 Å². The second-order valence-electron chi connectivity index (χ2n) is 1.36. The molecule has 1 unspecified atom stereocenters. The Morgan fingerprint density at radius 2 is 2.38 bits per heavy atom. The SMILES string of the molecule is CCOP(C)(=O)C#N. The molecule has 0 spiro atoms. The summed E-state index contributed by atoms with van der Waals surface area (Å²) in [5.41, 5.74) is 0. The Labute approximate surface area is 48.7 Å². The van der Waals surface area contributed by atoms with Crippen molar-refractivity contribution >= 4 is 7.37 Å². The van der Waals surface area contributed by atoms with Gasteiger partial charge in [-0.15, -0.1) is 0 Å². The van der Waals surface area contributed by atoms with Crippen LogP contribution < -0.4 is 0 Å². The maximum absolute atomic E-state index is 10.6. The Bertz CT molecular complexity index is 149. The second kappa shape index (κ2) is 2.86. The van der Waals surface area contributed by atoms with Crippen molar-refractivity contribution in [2.75, 3.05) is 13.3 Å². The fourth-order valence-corrected chi connectivity index (χ4v) is 0.826. The van der Waals surface area contributed by atoms with Gasteiger partial charge in [-0.05, 0) is 6.92 Å². The molecule has 0 aliphatic rings. The highest BCUT2D eigenvalue weighted by Gasteiger charge is 2.11. The van der Waals surface area contributed by atoms with E-state index in [0.29, 0.717) is 6.61 Å². The van der Waals surface area contributed by atoms with Gasteiger partial charge in [-0.2, -0.15) is 5.26 Å². The van der Waals surface area contributed by atoms with E-state index in [0.717, 1.165) is 0 Å². The molecule has 0 amide bonds. The second-order valence-corrected chi connectivity index (χ2v) is 3.51. The monoisotopic (exact) mass is 133 g/mol. The Kier molecular flexibility index (Phi) is 2.75. The minimum atomic E-state index is -2.87. The Morgan fingerprint density at radius 1 is 1.88 bits per heavy atom. The summed E-state index contributed by atoms with van der Waals surface area (Å²) in [6.45, 7) is 3.34. The standard InChI is InChI=1S/C4H8NO2P/c1-3-7-8(2,6)4-5/h3H2,1-2H3. The molecule has 0 saturated carbocycles. The molecule has 0 aliphatic carbocycles. The fraction of sp³-hybridized carbons (Fsp3) is 0.750. The molecule has 0 rings (SSSR count). The summed E-state index contributed by atoms with van der Waals surface area (Å²) in [4.78, 5) is 0. The van der Waals surface area contributed by atoms with Crippen molar-refractivity contribution in [1.29, 1.82) is 5.26 Å². The van der Waals surface area contributed by atoms with Crippen LogP contribution in [0.15, 0.2) is 0 Å². The molecule has 0 aromatic rings. The van der Waals surface area contributed by atoms with Gasteiger partial charge < -0.3 is 4.52 Å². The zero-order valence-corrected chi connectivity index (χ0v) is 5.81. The minimum Gasteiger partial charge on any atom is -0.319 e. The van der Waals surface area contributed by atoms with Crippen LogP contribution in [0.25, 0.3) is 0 Å². The van der Waals surface area contributed by atoms with Crippen LogP contribution in [0.1, 0.15) is 6.92 Å². The van der Waals surface area contributed by atoms with Gasteiger partial charge in [0.2, 0.25) is 0 Å². The summed E-state index contributed by atoms with van der Waals surface area (Å²) < 4.78 is 15.2. The van der Waals surface area contributed by atoms with Gasteiger partial charge in [-0.3, -0.25) is 4.57 Å². The van der Waals surface area contributed by atoms with E-state index in [4.69, 9.17) is 5.26 Å². The lowest BCUT2D eigenvalue weighted by Crippen LogP contribution is -1.82. The van der Waals surface area contributed by atoms with Crippen molar-refractivity contribution in [3.63, 3.8) is 0 Å². The van der Waals surface area contributed by atoms with E-state index >= 15 is 0 Å². The van der Waals surface area contributed by atoms with Gasteiger partial charge >= 0.3 is 0 Å². The molecule has 0 N–H and O–H groups in total. The van der Waals surface area contributed by atoms with Crippen LogP contribution in [-0.2, 0) is 9.09 Å². The van der Waals surface area contributed by atoms with E-state index in [2.05, 4.69) is 4.52 Å². The third-order valence-electron chi connectivity index (χ3n) is 0.557. The van der Waals surface area contributed by atoms with Gasteiger partial charge in [-0.1, -0.05) is 0 Å². The predicted octanol–water partition coefficient (Wildman–Crippen LogP) is 1.41. The van der Waals surface area contributed by atoms with Crippen LogP contribution in [-0.4, -0.2) is 13.3 Å². The van der Waals surface area contributed by atoms with E-state index in [-0.39, 0.29) is 0 Å². The first-order valence-electron chi connectivity index (χ1n) is 2.26. The van der Waals surface area contributed by atoms with Crippen LogP contribution in [0.4, 0.5) is 0 Å². The highest BCUT2D eigenvalue weighted by molar-refractivity contribution is 7.63. The average molecular weight is 133 g/mol. The zero-order valence-electron chi connectivity index (χ0n) is 4.92. The maximum Gasteiger partial charge on any atom is 0.296 e. The molecule has 0 saturated heterocycles. The largest absolute Gasteiger partial charge is 0.319 e. The summed E-state index contributed by atoms with van der Waals surface area (Å²) in [5, 5.41) is 8.09. The lowest BCUT2D eigenvalue weighted by Gasteiger charge is -1.99. The number of hydrogen-bond donors (Lipinski definition) is 0. The molecule has 0 aromatic carbocycles. The van der Waals surface area contributed by atoms with E-state index in [1.165, 1.54) is 6.66 Å². The van der Waals surface area contributed by atoms with Gasteiger partial charge in [-0.25, -0.2) is 0 Å². The first kappa shape index (κ1) is 7.68. The highest BCUT2D eigenvalue weighted by atomic mass is 31.2. The zero-order chi connectivity index (χ0) is 6.62. The van der Waals surface area contributed by atoms with Crippen LogP contribution in [0.3, 0.4) is 0 Å². The van der Waals surface area contributed by atoms with Crippen molar-refractivity contribution in [2.45, 2.75) is 6.92 Å². The number of rotatable bonds is 2. The Morgan fingerprint density at radius 3 is 2.50 bits per heavy atom. The molecule has 46 valence electrons. The first-order chi connectivity index (χ1) is 3.62. The molecule has 0 fully saturated rings. The third kappa shape index (κ3) is 2.79. The van der Waals surface area contributed by atoms with Gasteiger partial charge in [0.25, 0.3) is 7.37 Å². The lowest BCUT2D eigenvalue weighted by atomic mass is 10.9. The van der Waals surface area contributed by atoms with Crippen LogP contribution in [0, 0.1) is 11.1 Å². The van der Waals surface area contributed by atoms with Gasteiger partial charge in [0, 0.05) is 6.66 Å². The number of hydrogen-bond acceptors (Lipinski definition) is 3. The molecule has 0 heterocycles. The highest BCUT2D eigenvalue weighted by Crippen LogP contribution is 2.39. The molecule has 3 nitrogen and oxygen atoms in total. The Hall–Kier alpha value is -0.320. The summed E-state index contributed by atoms with van der Waals surface area (Å²) in [6.07, 6.45) is 0. The van der Waals surface area contributed by atoms with Crippen molar-refractivity contribution in [1.82, 2.24) is 0 Å². The molecule has 0 bridgehead atoms. The van der Waals surface area contributed by atoms with Crippen molar-refractivity contribution in [3.8, 4) is 5.81 Å². The fourth-order valence-electron chi connectivity index (χ4n) is 0.275. The normalized spacial score (nSPS) is 16.6. The third-order valence-corrected chi connectivity index (χ3v) is 1.67. The van der Waals surface area contributed by atoms with E-state index in [1.807, 2.05) is 0 Å². The van der Waals surface area contributed by atoms with E-state index in [9.17, 15) is 4.57 Å². The molecule has 0 radical (unpaired) electrons. The lowest BCUT2D eigenvalue weighted by molar-refractivity contribution is 0.345. The van der Waals surface area contributed by atoms with Crippen molar-refractivity contribution < 1.29 is 9.09 Å².